The van der Waals surface area contributed by atoms with Crippen LogP contribution in [0.2, 0.25) is 0 Å². The van der Waals surface area contributed by atoms with Crippen LogP contribution in [0, 0.1) is 20.2 Å². The number of nitrogens with zero attached hydrogens (tertiary/aromatic N) is 3. The molecule has 0 saturated heterocycles. The van der Waals surface area contributed by atoms with E-state index in [-0.39, 0.29) is 40.9 Å². The van der Waals surface area contributed by atoms with Crippen LogP contribution in [0.15, 0.2) is 71.0 Å². The summed E-state index contributed by atoms with van der Waals surface area (Å²) in [6, 6.07) is 10.9. The minimum Gasteiger partial charge on any atom is -0.493 e. The Morgan fingerprint density at radius 2 is 1.67 bits per heavy atom. The number of hydrazone groups is 1. The van der Waals surface area contributed by atoms with E-state index in [1.807, 2.05) is 0 Å². The van der Waals surface area contributed by atoms with Crippen LogP contribution in [0.4, 0.5) is 16.2 Å². The third-order valence-corrected chi connectivity index (χ3v) is 6.79. The Morgan fingerprint density at radius 3 is 2.35 bits per heavy atom. The Balaban J connectivity index is 1.41. The van der Waals surface area contributed by atoms with Crippen LogP contribution in [-0.4, -0.2) is 61.4 Å². The van der Waals surface area contributed by atoms with Gasteiger partial charge in [0, 0.05) is 11.8 Å². The van der Waals surface area contributed by atoms with Gasteiger partial charge in [0.15, 0.2) is 29.6 Å². The van der Waals surface area contributed by atoms with Crippen molar-refractivity contribution in [3.8, 4) is 28.7 Å². The van der Waals surface area contributed by atoms with Crippen LogP contribution in [0.1, 0.15) is 31.0 Å². The summed E-state index contributed by atoms with van der Waals surface area (Å²) in [5.74, 6) is -0.744. The molecule has 18 nitrogen and oxygen atoms in total. The van der Waals surface area contributed by atoms with Gasteiger partial charge in [-0.05, 0) is 61.4 Å². The van der Waals surface area contributed by atoms with Crippen molar-refractivity contribution in [2.24, 2.45) is 5.10 Å². The van der Waals surface area contributed by atoms with E-state index in [9.17, 15) is 34.6 Å². The monoisotopic (exact) mass is 678 g/mol. The zero-order chi connectivity index (χ0) is 35.7. The molecule has 4 rings (SSSR count). The van der Waals surface area contributed by atoms with E-state index in [4.69, 9.17) is 23.7 Å². The fourth-order valence-corrected chi connectivity index (χ4v) is 4.59. The normalized spacial score (nSPS) is 14.0. The van der Waals surface area contributed by atoms with Gasteiger partial charge in [-0.25, -0.2) is 15.0 Å². The lowest BCUT2D eigenvalue weighted by molar-refractivity contribution is -0.394. The van der Waals surface area contributed by atoms with E-state index in [0.717, 1.165) is 18.2 Å². The second kappa shape index (κ2) is 15.7. The number of nitrogens with one attached hydrogen (secondary N) is 3. The predicted molar refractivity (Wildman–Crippen MR) is 171 cm³/mol. The number of allylic oxidation sites excluding steroid dienone is 1. The molecule has 1 aliphatic rings. The summed E-state index contributed by atoms with van der Waals surface area (Å²) in [6.07, 6.45) is 1.32. The number of hydrogen-bond donors (Lipinski definition) is 3. The van der Waals surface area contributed by atoms with Crippen LogP contribution in [0.25, 0.3) is 0 Å². The molecule has 0 fully saturated rings. The molecule has 0 spiro atoms. The van der Waals surface area contributed by atoms with Gasteiger partial charge in [-0.3, -0.25) is 25.0 Å². The minimum atomic E-state index is -0.827. The molecule has 256 valence electrons. The first-order valence-electron chi connectivity index (χ1n) is 14.3. The number of methoxy groups -OCH3 is 2. The number of benzene rings is 3. The molecule has 0 unspecified atom stereocenters. The van der Waals surface area contributed by atoms with Crippen molar-refractivity contribution in [1.29, 1.82) is 0 Å². The van der Waals surface area contributed by atoms with E-state index in [0.29, 0.717) is 16.8 Å². The molecule has 0 radical (unpaired) electrons. The fourth-order valence-electron chi connectivity index (χ4n) is 4.59. The van der Waals surface area contributed by atoms with Crippen LogP contribution in [0.5, 0.6) is 28.7 Å². The molecule has 0 bridgehead atoms. The average Bonchev–Trinajstić information content (AvgIpc) is 3.07. The summed E-state index contributed by atoms with van der Waals surface area (Å²) in [5.41, 5.74) is 2.77. The molecule has 1 atom stereocenters. The van der Waals surface area contributed by atoms with E-state index >= 15 is 0 Å². The zero-order valence-electron chi connectivity index (χ0n) is 26.5. The Bertz CT molecular complexity index is 1860. The van der Waals surface area contributed by atoms with Crippen LogP contribution >= 0.6 is 0 Å². The van der Waals surface area contributed by atoms with Crippen molar-refractivity contribution in [1.82, 2.24) is 16.1 Å². The van der Waals surface area contributed by atoms with E-state index in [2.05, 4.69) is 21.2 Å². The van der Waals surface area contributed by atoms with Gasteiger partial charge in [-0.15, -0.1) is 0 Å². The van der Waals surface area contributed by atoms with E-state index < -0.39 is 51.8 Å². The Hall–Kier alpha value is -6.72. The smallest absolute Gasteiger partial charge is 0.337 e. The van der Waals surface area contributed by atoms with Crippen molar-refractivity contribution >= 4 is 35.5 Å². The van der Waals surface area contributed by atoms with Crippen molar-refractivity contribution in [3.05, 3.63) is 97.2 Å². The van der Waals surface area contributed by atoms with Gasteiger partial charge >= 0.3 is 17.7 Å². The number of rotatable bonds is 14. The van der Waals surface area contributed by atoms with Gasteiger partial charge < -0.3 is 34.3 Å². The first-order chi connectivity index (χ1) is 23.4. The average molecular weight is 679 g/mol. The second-order valence-electron chi connectivity index (χ2n) is 9.96. The van der Waals surface area contributed by atoms with Gasteiger partial charge in [0.2, 0.25) is 5.75 Å². The SMILES string of the molecule is CCOc1cc(/C=N\NC(=O)COc2ccc([C@@H]3NC(=O)NC(C)=C3C(=O)OC)cc2OC)ccc1Oc1ccc([N+](=O)[O-])cc1[N+](=O)[O-]. The lowest BCUT2D eigenvalue weighted by Gasteiger charge is -2.28. The number of ether oxygens (including phenoxy) is 5. The summed E-state index contributed by atoms with van der Waals surface area (Å²) < 4.78 is 27.2. The quantitative estimate of drug-likeness (QED) is 0.0949. The Labute approximate surface area is 277 Å². The Morgan fingerprint density at radius 1 is 0.939 bits per heavy atom. The number of nitro benzene ring substituents is 2. The fraction of sp³-hybridized carbons (Fsp3) is 0.226. The molecule has 0 saturated carbocycles. The number of hydrogen-bond acceptors (Lipinski definition) is 13. The number of amides is 3. The maximum atomic E-state index is 12.5. The molecule has 49 heavy (non-hydrogen) atoms. The summed E-state index contributed by atoms with van der Waals surface area (Å²) in [7, 11) is 2.62. The second-order valence-corrected chi connectivity index (χ2v) is 9.96. The molecule has 3 N–H and O–H groups in total. The van der Waals surface area contributed by atoms with Crippen LogP contribution < -0.4 is 35.0 Å². The summed E-state index contributed by atoms with van der Waals surface area (Å²) >= 11 is 0. The number of carbonyl (C=O) groups excluding carboxylic acids is 3. The number of esters is 1. The topological polar surface area (TPSA) is 232 Å². The highest BCUT2D eigenvalue weighted by Gasteiger charge is 2.32. The Kier molecular flexibility index (Phi) is 11.3. The maximum Gasteiger partial charge on any atom is 0.337 e. The lowest BCUT2D eigenvalue weighted by Crippen LogP contribution is -2.45. The zero-order valence-corrected chi connectivity index (χ0v) is 26.5. The molecule has 1 heterocycles. The molecular formula is C31H30N6O12. The van der Waals surface area contributed by atoms with Gasteiger partial charge in [0.05, 0.1) is 54.6 Å². The van der Waals surface area contributed by atoms with Gasteiger partial charge in [0.1, 0.15) is 0 Å². The van der Waals surface area contributed by atoms with Gasteiger partial charge in [0.25, 0.3) is 11.6 Å². The maximum absolute atomic E-state index is 12.5. The first-order valence-corrected chi connectivity index (χ1v) is 14.3. The number of non-ortho nitro benzene ring substituents is 1. The van der Waals surface area contributed by atoms with Crippen molar-refractivity contribution in [2.45, 2.75) is 19.9 Å². The number of nitro groups is 2. The highest BCUT2D eigenvalue weighted by molar-refractivity contribution is 5.95. The van der Waals surface area contributed by atoms with Gasteiger partial charge in [-0.1, -0.05) is 6.07 Å². The van der Waals surface area contributed by atoms with Gasteiger partial charge in [-0.2, -0.15) is 5.10 Å². The summed E-state index contributed by atoms with van der Waals surface area (Å²) in [5, 5.41) is 31.7. The molecule has 18 heteroatoms. The highest BCUT2D eigenvalue weighted by Crippen LogP contribution is 2.39. The first kappa shape index (κ1) is 35.1. The lowest BCUT2D eigenvalue weighted by atomic mass is 9.95. The summed E-state index contributed by atoms with van der Waals surface area (Å²) in [6.45, 7) is 3.06. The largest absolute Gasteiger partial charge is 0.493 e. The highest BCUT2D eigenvalue weighted by atomic mass is 16.6. The third-order valence-electron chi connectivity index (χ3n) is 6.79. The standard InChI is InChI=1S/C31H30N6O12/c1-5-47-26-12-18(6-9-24(26)49-22-11-8-20(36(41)42)14-21(22)37(43)44)15-32-35-27(38)16-48-23-10-7-19(13-25(23)45-3)29-28(30(39)46-4)17(2)33-31(40)34-29/h6-15,29H,5,16H2,1-4H3,(H,35,38)(H2,33,34,40)/b32-15-/t29-/m0/s1. The van der Waals surface area contributed by atoms with Crippen molar-refractivity contribution in [3.63, 3.8) is 0 Å². The third kappa shape index (κ3) is 8.56. The van der Waals surface area contributed by atoms with Crippen molar-refractivity contribution < 1.29 is 47.9 Å². The van der Waals surface area contributed by atoms with Crippen molar-refractivity contribution in [2.75, 3.05) is 27.4 Å². The number of urea groups is 1. The molecule has 3 aromatic carbocycles. The summed E-state index contributed by atoms with van der Waals surface area (Å²) in [4.78, 5) is 58.0. The van der Waals surface area contributed by atoms with Crippen LogP contribution in [-0.2, 0) is 14.3 Å². The van der Waals surface area contributed by atoms with Crippen LogP contribution in [0.3, 0.4) is 0 Å². The molecule has 1 aliphatic heterocycles. The molecule has 0 aliphatic carbocycles. The number of carbonyl (C=O) groups is 3. The minimum absolute atomic E-state index is 0.101. The van der Waals surface area contributed by atoms with E-state index in [1.54, 1.807) is 32.0 Å². The molecule has 3 aromatic rings. The van der Waals surface area contributed by atoms with E-state index in [1.165, 1.54) is 38.6 Å². The molecule has 0 aromatic heterocycles. The molecule has 3 amide bonds. The molecular weight excluding hydrogens is 648 g/mol. The predicted octanol–water partition coefficient (Wildman–Crippen LogP) is 4.03.